The monoisotopic (exact) mass is 386 g/mol. The van der Waals surface area contributed by atoms with Gasteiger partial charge in [-0.2, -0.15) is 25.3 Å². The lowest BCUT2D eigenvalue weighted by molar-refractivity contribution is 0.0437. The molecule has 8 heteroatoms. The van der Waals surface area contributed by atoms with Crippen LogP contribution in [0.3, 0.4) is 0 Å². The van der Waals surface area contributed by atoms with Crippen LogP contribution < -0.4 is 10.6 Å². The minimum Gasteiger partial charge on any atom is -0.307 e. The van der Waals surface area contributed by atoms with Crippen LogP contribution in [0.15, 0.2) is 60.7 Å². The summed E-state index contributed by atoms with van der Waals surface area (Å²) in [5.74, 6) is 0.270. The summed E-state index contributed by atoms with van der Waals surface area (Å²) in [6.07, 6.45) is 0. The number of fused-ring (bicyclic) bond motifs is 1. The first-order chi connectivity index (χ1) is 12.6. The zero-order valence-corrected chi connectivity index (χ0v) is 15.6. The van der Waals surface area contributed by atoms with E-state index < -0.39 is 11.3 Å². The number of urea groups is 2. The number of thiol groups is 2. The van der Waals surface area contributed by atoms with Crippen molar-refractivity contribution < 1.29 is 9.59 Å². The van der Waals surface area contributed by atoms with E-state index in [0.29, 0.717) is 0 Å². The number of nitrogens with one attached hydrogen (secondary N) is 2. The molecule has 0 aliphatic carbocycles. The molecule has 0 bridgehead atoms. The Kier molecular flexibility index (Phi) is 4.04. The van der Waals surface area contributed by atoms with Crippen molar-refractivity contribution in [2.75, 3.05) is 11.8 Å². The Balaban J connectivity index is 2.08. The van der Waals surface area contributed by atoms with Crippen molar-refractivity contribution in [1.82, 2.24) is 20.4 Å². The summed E-state index contributed by atoms with van der Waals surface area (Å²) in [7, 11) is 0. The SMILES string of the molecule is O=C1NC2(c3ccccc3)N(CS)C(=O)NC2(c2ccccc2)N1CS. The quantitative estimate of drug-likeness (QED) is 0.610. The molecule has 2 atom stereocenters. The van der Waals surface area contributed by atoms with Crippen molar-refractivity contribution in [2.24, 2.45) is 0 Å². The lowest BCUT2D eigenvalue weighted by Gasteiger charge is -2.44. The molecule has 134 valence electrons. The minimum atomic E-state index is -1.14. The van der Waals surface area contributed by atoms with Crippen molar-refractivity contribution in [3.63, 3.8) is 0 Å². The highest BCUT2D eigenvalue weighted by Gasteiger charge is 2.73. The van der Waals surface area contributed by atoms with Gasteiger partial charge in [0, 0.05) is 11.1 Å². The van der Waals surface area contributed by atoms with Crippen LogP contribution >= 0.6 is 25.3 Å². The van der Waals surface area contributed by atoms with Crippen molar-refractivity contribution in [3.8, 4) is 0 Å². The van der Waals surface area contributed by atoms with Crippen LogP contribution in [-0.2, 0) is 11.3 Å². The third-order valence-corrected chi connectivity index (χ3v) is 5.63. The number of hydrogen-bond acceptors (Lipinski definition) is 4. The highest BCUT2D eigenvalue weighted by atomic mass is 32.1. The number of hydrogen-bond donors (Lipinski definition) is 4. The zero-order chi connectivity index (χ0) is 18.4. The van der Waals surface area contributed by atoms with Gasteiger partial charge in [0.1, 0.15) is 0 Å². The predicted octanol–water partition coefficient (Wildman–Crippen LogP) is 2.52. The van der Waals surface area contributed by atoms with Gasteiger partial charge >= 0.3 is 12.1 Å². The van der Waals surface area contributed by atoms with Crippen molar-refractivity contribution in [3.05, 3.63) is 71.8 Å². The summed E-state index contributed by atoms with van der Waals surface area (Å²) in [6.45, 7) is 0. The number of benzene rings is 2. The highest BCUT2D eigenvalue weighted by Crippen LogP contribution is 2.53. The molecule has 0 saturated carbocycles. The molecule has 6 nitrogen and oxygen atoms in total. The van der Waals surface area contributed by atoms with Crippen LogP contribution in [0.1, 0.15) is 11.1 Å². The summed E-state index contributed by atoms with van der Waals surface area (Å²) >= 11 is 8.75. The molecule has 2 aliphatic rings. The third kappa shape index (κ3) is 1.97. The van der Waals surface area contributed by atoms with E-state index in [1.807, 2.05) is 60.7 Å². The first kappa shape index (κ1) is 17.1. The first-order valence-corrected chi connectivity index (χ1v) is 9.40. The van der Waals surface area contributed by atoms with Gasteiger partial charge in [0.25, 0.3) is 0 Å². The fraction of sp³-hybridized carbons (Fsp3) is 0.222. The molecule has 2 aliphatic heterocycles. The third-order valence-electron chi connectivity index (χ3n) is 5.07. The number of carbonyl (C=O) groups excluding carboxylic acids is 2. The Morgan fingerprint density at radius 1 is 0.692 bits per heavy atom. The minimum absolute atomic E-state index is 0.135. The summed E-state index contributed by atoms with van der Waals surface area (Å²) in [5, 5.41) is 6.10. The predicted molar refractivity (Wildman–Crippen MR) is 105 cm³/mol. The summed E-state index contributed by atoms with van der Waals surface area (Å²) in [5.41, 5.74) is -0.717. The van der Waals surface area contributed by atoms with Gasteiger partial charge < -0.3 is 10.6 Å². The maximum Gasteiger partial charge on any atom is 0.322 e. The van der Waals surface area contributed by atoms with Gasteiger partial charge in [-0.05, 0) is 0 Å². The molecule has 2 fully saturated rings. The molecule has 4 amide bonds. The fourth-order valence-corrected chi connectivity index (χ4v) is 4.71. The lowest BCUT2D eigenvalue weighted by Crippen LogP contribution is -2.62. The van der Waals surface area contributed by atoms with Gasteiger partial charge in [0.2, 0.25) is 0 Å². The zero-order valence-electron chi connectivity index (χ0n) is 13.8. The molecule has 0 aromatic heterocycles. The van der Waals surface area contributed by atoms with Gasteiger partial charge in [0.15, 0.2) is 11.3 Å². The second kappa shape index (κ2) is 6.14. The van der Waals surface area contributed by atoms with Crippen molar-refractivity contribution >= 4 is 37.3 Å². The Morgan fingerprint density at radius 2 is 1.04 bits per heavy atom. The van der Waals surface area contributed by atoms with Crippen LogP contribution in [0.25, 0.3) is 0 Å². The summed E-state index contributed by atoms with van der Waals surface area (Å²) in [6, 6.07) is 18.3. The van der Waals surface area contributed by atoms with Crippen molar-refractivity contribution in [1.29, 1.82) is 0 Å². The van der Waals surface area contributed by atoms with Gasteiger partial charge in [-0.3, -0.25) is 9.80 Å². The summed E-state index contributed by atoms with van der Waals surface area (Å²) in [4.78, 5) is 28.9. The first-order valence-electron chi connectivity index (χ1n) is 8.14. The van der Waals surface area contributed by atoms with E-state index in [2.05, 4.69) is 35.9 Å². The number of rotatable bonds is 4. The van der Waals surface area contributed by atoms with E-state index >= 15 is 0 Å². The normalized spacial score (nSPS) is 27.3. The molecular formula is C18H18N4O2S2. The number of carbonyl (C=O) groups is 2. The molecule has 2 saturated heterocycles. The van der Waals surface area contributed by atoms with Crippen LogP contribution in [0.2, 0.25) is 0 Å². The molecule has 2 heterocycles. The van der Waals surface area contributed by atoms with E-state index in [0.717, 1.165) is 11.1 Å². The molecule has 26 heavy (non-hydrogen) atoms. The smallest absolute Gasteiger partial charge is 0.307 e. The fourth-order valence-electron chi connectivity index (χ4n) is 4.03. The average molecular weight is 387 g/mol. The second-order valence-electron chi connectivity index (χ2n) is 6.15. The molecule has 2 aromatic carbocycles. The van der Waals surface area contributed by atoms with Crippen LogP contribution in [0, 0.1) is 0 Å². The van der Waals surface area contributed by atoms with Gasteiger partial charge in [-0.15, -0.1) is 0 Å². The van der Waals surface area contributed by atoms with Gasteiger partial charge in [0.05, 0.1) is 11.8 Å². The van der Waals surface area contributed by atoms with Crippen LogP contribution in [0.5, 0.6) is 0 Å². The maximum absolute atomic E-state index is 12.9. The molecule has 2 N–H and O–H groups in total. The van der Waals surface area contributed by atoms with E-state index in [1.165, 1.54) is 0 Å². The number of nitrogens with zero attached hydrogens (tertiary/aromatic N) is 2. The highest BCUT2D eigenvalue weighted by molar-refractivity contribution is 7.80. The largest absolute Gasteiger partial charge is 0.322 e. The average Bonchev–Trinajstić information content (AvgIpc) is 3.07. The Morgan fingerprint density at radius 3 is 1.35 bits per heavy atom. The van der Waals surface area contributed by atoms with E-state index in [4.69, 9.17) is 0 Å². The number of amides is 4. The Labute approximate surface area is 162 Å². The topological polar surface area (TPSA) is 64.7 Å². The Bertz CT molecular complexity index is 779. The van der Waals surface area contributed by atoms with E-state index in [9.17, 15) is 9.59 Å². The van der Waals surface area contributed by atoms with Crippen LogP contribution in [-0.4, -0.2) is 33.6 Å². The molecule has 0 spiro atoms. The standard InChI is InChI=1S/C18H18N4O2S2/c23-15-19-17(13-7-3-1-4-8-13)18(22(15)12-26,14-9-5-2-6-10-14)20-16(24)21(17)11-25/h1-10,25-26H,11-12H2,(H,19,23)(H,20,24). The molecule has 2 unspecified atom stereocenters. The summed E-state index contributed by atoms with van der Waals surface area (Å²) < 4.78 is 0. The Hall–Kier alpha value is -2.32. The van der Waals surface area contributed by atoms with Crippen molar-refractivity contribution in [2.45, 2.75) is 11.3 Å². The molecular weight excluding hydrogens is 368 g/mol. The van der Waals surface area contributed by atoms with Crippen LogP contribution in [0.4, 0.5) is 9.59 Å². The lowest BCUT2D eigenvalue weighted by atomic mass is 9.81. The molecule has 4 rings (SSSR count). The molecule has 2 aromatic rings. The van der Waals surface area contributed by atoms with E-state index in [-0.39, 0.29) is 23.8 Å². The van der Waals surface area contributed by atoms with E-state index in [1.54, 1.807) is 9.80 Å². The second-order valence-corrected chi connectivity index (χ2v) is 6.72. The van der Waals surface area contributed by atoms with Gasteiger partial charge in [-0.25, -0.2) is 9.59 Å². The molecule has 0 radical (unpaired) electrons. The van der Waals surface area contributed by atoms with Gasteiger partial charge in [-0.1, -0.05) is 60.7 Å². The maximum atomic E-state index is 12.9.